The van der Waals surface area contributed by atoms with Crippen molar-refractivity contribution < 1.29 is 4.74 Å². The molecule has 0 bridgehead atoms. The van der Waals surface area contributed by atoms with Gasteiger partial charge in [0.25, 0.3) is 0 Å². The Balaban J connectivity index is 2.15. The number of benzene rings is 2. The lowest BCUT2D eigenvalue weighted by atomic mass is 10.2. The van der Waals surface area contributed by atoms with Crippen LogP contribution in [-0.2, 0) is 0 Å². The Morgan fingerprint density at radius 3 is 2.72 bits per heavy atom. The zero-order chi connectivity index (χ0) is 11.9. The van der Waals surface area contributed by atoms with E-state index in [0.29, 0.717) is 0 Å². The molecular formula is C16H11NO. The molecule has 0 fully saturated rings. The van der Waals surface area contributed by atoms with Gasteiger partial charge in [0, 0.05) is 21.7 Å². The van der Waals surface area contributed by atoms with E-state index in [9.17, 15) is 0 Å². The molecule has 0 spiro atoms. The molecule has 2 nitrogen and oxygen atoms in total. The fourth-order valence-electron chi connectivity index (χ4n) is 2.41. The summed E-state index contributed by atoms with van der Waals surface area (Å²) < 4.78 is 5.77. The summed E-state index contributed by atoms with van der Waals surface area (Å²) in [5, 5.41) is 3.40. The lowest BCUT2D eigenvalue weighted by Crippen LogP contribution is -2.22. The van der Waals surface area contributed by atoms with Crippen molar-refractivity contribution in [3.8, 4) is 5.75 Å². The van der Waals surface area contributed by atoms with E-state index < -0.39 is 0 Å². The zero-order valence-corrected chi connectivity index (χ0v) is 9.68. The van der Waals surface area contributed by atoms with Crippen molar-refractivity contribution >= 4 is 23.2 Å². The van der Waals surface area contributed by atoms with Crippen LogP contribution in [0.3, 0.4) is 0 Å². The number of aromatic amines is 1. The molecule has 2 heterocycles. The van der Waals surface area contributed by atoms with Gasteiger partial charge in [0.15, 0.2) is 0 Å². The highest BCUT2D eigenvalue weighted by atomic mass is 16.5. The summed E-state index contributed by atoms with van der Waals surface area (Å²) in [6, 6.07) is 16.3. The summed E-state index contributed by atoms with van der Waals surface area (Å²) in [6.45, 7) is 0. The molecule has 2 aromatic carbocycles. The second kappa shape index (κ2) is 3.50. The predicted octanol–water partition coefficient (Wildman–Crippen LogP) is 2.13. The maximum absolute atomic E-state index is 5.77. The van der Waals surface area contributed by atoms with Crippen molar-refractivity contribution in [3.63, 3.8) is 0 Å². The largest absolute Gasteiger partial charge is 0.464 e. The summed E-state index contributed by atoms with van der Waals surface area (Å²) >= 11 is 0. The van der Waals surface area contributed by atoms with E-state index in [2.05, 4.69) is 29.3 Å². The number of fused-ring (bicyclic) bond motifs is 4. The Bertz CT molecular complexity index is 858. The van der Waals surface area contributed by atoms with Crippen LogP contribution in [0.5, 0.6) is 5.75 Å². The summed E-state index contributed by atoms with van der Waals surface area (Å²) in [4.78, 5) is 3.43. The number of nitrogens with one attached hydrogen (secondary N) is 1. The van der Waals surface area contributed by atoms with Crippen molar-refractivity contribution in [3.05, 3.63) is 64.7 Å². The zero-order valence-electron chi connectivity index (χ0n) is 9.68. The molecule has 0 unspecified atom stereocenters. The first-order chi connectivity index (χ1) is 8.92. The molecule has 1 aliphatic rings. The highest BCUT2D eigenvalue weighted by molar-refractivity contribution is 5.81. The summed E-state index contributed by atoms with van der Waals surface area (Å²) in [5.41, 5.74) is 2.23. The van der Waals surface area contributed by atoms with E-state index in [1.165, 1.54) is 5.39 Å². The Hall–Kier alpha value is -2.48. The van der Waals surface area contributed by atoms with Crippen LogP contribution in [0.25, 0.3) is 23.2 Å². The van der Waals surface area contributed by atoms with E-state index in [4.69, 9.17) is 4.74 Å². The maximum Gasteiger partial charge on any atom is 0.133 e. The van der Waals surface area contributed by atoms with Crippen LogP contribution in [0, 0.1) is 0 Å². The molecule has 1 N–H and O–H groups in total. The number of hydrogen-bond donors (Lipinski definition) is 1. The van der Waals surface area contributed by atoms with Gasteiger partial charge in [-0.3, -0.25) is 0 Å². The maximum atomic E-state index is 5.77. The molecule has 0 aliphatic carbocycles. The average molecular weight is 233 g/mol. The highest BCUT2D eigenvalue weighted by Crippen LogP contribution is 2.19. The molecule has 4 rings (SSSR count). The van der Waals surface area contributed by atoms with Crippen LogP contribution in [0.4, 0.5) is 0 Å². The number of para-hydroxylation sites is 2. The minimum absolute atomic E-state index is 0.895. The Morgan fingerprint density at radius 2 is 1.72 bits per heavy atom. The van der Waals surface area contributed by atoms with Gasteiger partial charge in [0.2, 0.25) is 0 Å². The van der Waals surface area contributed by atoms with Gasteiger partial charge in [-0.15, -0.1) is 0 Å². The van der Waals surface area contributed by atoms with E-state index >= 15 is 0 Å². The van der Waals surface area contributed by atoms with Crippen molar-refractivity contribution in [2.24, 2.45) is 0 Å². The molecule has 1 aliphatic heterocycles. The van der Waals surface area contributed by atoms with Gasteiger partial charge in [-0.1, -0.05) is 36.4 Å². The summed E-state index contributed by atoms with van der Waals surface area (Å²) in [6.07, 6.45) is 3.96. The Kier molecular flexibility index (Phi) is 1.86. The van der Waals surface area contributed by atoms with Gasteiger partial charge in [-0.25, -0.2) is 0 Å². The van der Waals surface area contributed by atoms with E-state index in [1.54, 1.807) is 0 Å². The van der Waals surface area contributed by atoms with E-state index in [0.717, 1.165) is 27.4 Å². The van der Waals surface area contributed by atoms with Crippen molar-refractivity contribution in [1.82, 2.24) is 4.98 Å². The SMILES string of the molecule is C1=c2[nH]c3ccccc3c2=COc2ccccc21. The van der Waals surface area contributed by atoms with Crippen LogP contribution in [0.15, 0.2) is 48.5 Å². The van der Waals surface area contributed by atoms with Crippen LogP contribution < -0.4 is 15.3 Å². The first kappa shape index (κ1) is 9.54. The Labute approximate surface area is 104 Å². The molecule has 0 radical (unpaired) electrons. The molecule has 0 saturated heterocycles. The smallest absolute Gasteiger partial charge is 0.133 e. The molecule has 2 heteroatoms. The number of ether oxygens (including phenoxy) is 1. The fraction of sp³-hybridized carbons (Fsp3) is 0. The van der Waals surface area contributed by atoms with Crippen LogP contribution in [0.2, 0.25) is 0 Å². The fourth-order valence-corrected chi connectivity index (χ4v) is 2.41. The number of H-pyrrole nitrogens is 1. The standard InChI is InChI=1S/C16H11NO/c1-4-8-16-11(5-1)9-15-13(10-18-16)12-6-2-3-7-14(12)17-15/h1-10,17H. The second-order valence-electron chi connectivity index (χ2n) is 4.42. The average Bonchev–Trinajstić information content (AvgIpc) is 2.65. The quantitative estimate of drug-likeness (QED) is 0.632. The van der Waals surface area contributed by atoms with Crippen LogP contribution in [-0.4, -0.2) is 4.98 Å². The first-order valence-corrected chi connectivity index (χ1v) is 5.96. The van der Waals surface area contributed by atoms with Gasteiger partial charge < -0.3 is 9.72 Å². The van der Waals surface area contributed by atoms with Gasteiger partial charge in [-0.05, 0) is 18.2 Å². The minimum atomic E-state index is 0.895. The third kappa shape index (κ3) is 1.29. The van der Waals surface area contributed by atoms with Gasteiger partial charge in [0.05, 0.1) is 5.35 Å². The van der Waals surface area contributed by atoms with E-state index in [-0.39, 0.29) is 0 Å². The van der Waals surface area contributed by atoms with Crippen molar-refractivity contribution in [2.75, 3.05) is 0 Å². The minimum Gasteiger partial charge on any atom is -0.464 e. The Morgan fingerprint density at radius 1 is 0.889 bits per heavy atom. The van der Waals surface area contributed by atoms with Crippen LogP contribution in [0.1, 0.15) is 5.56 Å². The lowest BCUT2D eigenvalue weighted by Gasteiger charge is -2.01. The topological polar surface area (TPSA) is 25.0 Å². The molecule has 1 aromatic heterocycles. The molecule has 0 atom stereocenters. The number of hydrogen-bond acceptors (Lipinski definition) is 1. The molecule has 18 heavy (non-hydrogen) atoms. The number of rotatable bonds is 0. The highest BCUT2D eigenvalue weighted by Gasteiger charge is 2.06. The van der Waals surface area contributed by atoms with Crippen molar-refractivity contribution in [2.45, 2.75) is 0 Å². The molecule has 0 amide bonds. The van der Waals surface area contributed by atoms with E-state index in [1.807, 2.05) is 36.6 Å². The third-order valence-corrected chi connectivity index (χ3v) is 3.30. The first-order valence-electron chi connectivity index (χ1n) is 5.96. The van der Waals surface area contributed by atoms with Crippen molar-refractivity contribution in [1.29, 1.82) is 0 Å². The predicted molar refractivity (Wildman–Crippen MR) is 72.7 cm³/mol. The molecule has 86 valence electrons. The number of aromatic nitrogens is 1. The van der Waals surface area contributed by atoms with Gasteiger partial charge in [-0.2, -0.15) is 0 Å². The van der Waals surface area contributed by atoms with Gasteiger partial charge >= 0.3 is 0 Å². The summed E-state index contributed by atoms with van der Waals surface area (Å²) in [7, 11) is 0. The van der Waals surface area contributed by atoms with Crippen LogP contribution >= 0.6 is 0 Å². The second-order valence-corrected chi connectivity index (χ2v) is 4.42. The molecule has 3 aromatic rings. The molecule has 0 saturated carbocycles. The normalized spacial score (nSPS) is 12.7. The monoisotopic (exact) mass is 233 g/mol. The third-order valence-electron chi connectivity index (χ3n) is 3.30. The summed E-state index contributed by atoms with van der Waals surface area (Å²) in [5.74, 6) is 0.895. The van der Waals surface area contributed by atoms with Gasteiger partial charge in [0.1, 0.15) is 12.0 Å². The lowest BCUT2D eigenvalue weighted by molar-refractivity contribution is 0.540. The molecular weight excluding hydrogens is 222 g/mol.